The van der Waals surface area contributed by atoms with E-state index in [2.05, 4.69) is 25.5 Å². The molecule has 0 saturated carbocycles. The van der Waals surface area contributed by atoms with Crippen molar-refractivity contribution in [3.05, 3.63) is 83.7 Å². The number of methoxy groups -OCH3 is 1. The van der Waals surface area contributed by atoms with E-state index in [1.807, 2.05) is 42.5 Å². The van der Waals surface area contributed by atoms with E-state index in [0.717, 1.165) is 60.7 Å². The van der Waals surface area contributed by atoms with Gasteiger partial charge in [0.25, 0.3) is 0 Å². The van der Waals surface area contributed by atoms with E-state index in [0.29, 0.717) is 64.0 Å². The van der Waals surface area contributed by atoms with Crippen LogP contribution in [0.5, 0.6) is 11.5 Å². The quantitative estimate of drug-likeness (QED) is 0.0398. The number of esters is 1. The Kier molecular flexibility index (Phi) is 19.8. The third-order valence-electron chi connectivity index (χ3n) is 11.8. The monoisotopic (exact) mass is 913 g/mol. The van der Waals surface area contributed by atoms with E-state index in [-0.39, 0.29) is 74.4 Å². The van der Waals surface area contributed by atoms with Crippen LogP contribution in [0, 0.1) is 5.82 Å². The molecule has 1 amide bonds. The first-order chi connectivity index (χ1) is 31.6. The lowest BCUT2D eigenvalue weighted by Gasteiger charge is -2.43. The van der Waals surface area contributed by atoms with Gasteiger partial charge in [0.2, 0.25) is 5.91 Å². The number of likely N-dealkylation sites (tertiary alicyclic amines) is 1. The lowest BCUT2D eigenvalue weighted by atomic mass is 9.84. The standard InChI is InChI=1S/C46H64FN5O13/c1-59-24-9-21-48-23-27-60-41-19-14-34(28-40(41)48)33-61-42-31-50(44(53)12-4-2-6-25-62-51(55)56)32-43(65-45(54)13-5-3-7-26-63-52(57)58)46(42)35-15-17-38(18-16-35)64-39-20-22-49(30-39)37-11-8-10-36(47)29-37/h8,10-11,14-19,28-29,39,42-43,46,55-58H,2-7,9,12-13,20-27,30-33H2,1H3. The first-order valence-electron chi connectivity index (χ1n) is 22.5. The normalized spacial score (nSPS) is 19.7. The molecular weight excluding hydrogens is 850 g/mol. The van der Waals surface area contributed by atoms with E-state index in [4.69, 9.17) is 44.5 Å². The van der Waals surface area contributed by atoms with Crippen LogP contribution in [0.1, 0.15) is 81.3 Å². The van der Waals surface area contributed by atoms with Gasteiger partial charge in [0, 0.05) is 58.3 Å². The number of carbonyl (C=O) groups excluding carboxylic acids is 2. The number of anilines is 2. The number of hydrogen-bond donors (Lipinski definition) is 4. The van der Waals surface area contributed by atoms with Gasteiger partial charge in [0.1, 0.15) is 36.1 Å². The summed E-state index contributed by atoms with van der Waals surface area (Å²) >= 11 is 0. The first-order valence-corrected chi connectivity index (χ1v) is 22.5. The van der Waals surface area contributed by atoms with Crippen LogP contribution < -0.4 is 19.3 Å². The molecule has 19 heteroatoms. The molecule has 3 aromatic carbocycles. The van der Waals surface area contributed by atoms with Gasteiger partial charge in [-0.25, -0.2) is 4.39 Å². The Bertz CT molecular complexity index is 1910. The summed E-state index contributed by atoms with van der Waals surface area (Å²) < 4.78 is 44.8. The summed E-state index contributed by atoms with van der Waals surface area (Å²) in [7, 11) is 1.69. The van der Waals surface area contributed by atoms with E-state index < -0.39 is 24.1 Å². The topological polar surface area (TPSA) is 196 Å². The Balaban J connectivity index is 1.20. The van der Waals surface area contributed by atoms with Crippen LogP contribution in [-0.2, 0) is 40.1 Å². The van der Waals surface area contributed by atoms with Crippen molar-refractivity contribution in [3.63, 3.8) is 0 Å². The van der Waals surface area contributed by atoms with E-state index in [1.54, 1.807) is 18.1 Å². The van der Waals surface area contributed by atoms with Crippen molar-refractivity contribution in [2.24, 2.45) is 0 Å². The zero-order valence-electron chi connectivity index (χ0n) is 37.1. The van der Waals surface area contributed by atoms with Gasteiger partial charge >= 0.3 is 5.97 Å². The van der Waals surface area contributed by atoms with Gasteiger partial charge in [-0.05, 0) is 85.7 Å². The third-order valence-corrected chi connectivity index (χ3v) is 11.8. The van der Waals surface area contributed by atoms with Crippen LogP contribution >= 0.6 is 0 Å². The second-order valence-corrected chi connectivity index (χ2v) is 16.5. The third kappa shape index (κ3) is 15.7. The molecule has 358 valence electrons. The molecule has 3 aliphatic rings. The maximum absolute atomic E-state index is 14.0. The highest BCUT2D eigenvalue weighted by Crippen LogP contribution is 2.37. The lowest BCUT2D eigenvalue weighted by molar-refractivity contribution is -0.492. The number of unbranched alkanes of at least 4 members (excludes halogenated alkanes) is 4. The Labute approximate surface area is 379 Å². The summed E-state index contributed by atoms with van der Waals surface area (Å²) in [6.07, 6.45) is 3.65. The average molecular weight is 914 g/mol. The van der Waals surface area contributed by atoms with Crippen LogP contribution in [-0.4, -0.2) is 140 Å². The Morgan fingerprint density at radius 2 is 1.54 bits per heavy atom. The van der Waals surface area contributed by atoms with Gasteiger partial charge in [0.05, 0.1) is 67.9 Å². The number of carbonyl (C=O) groups is 2. The van der Waals surface area contributed by atoms with Crippen molar-refractivity contribution in [2.75, 3.05) is 82.6 Å². The highest BCUT2D eigenvalue weighted by Gasteiger charge is 2.42. The minimum Gasteiger partial charge on any atom is -0.490 e. The van der Waals surface area contributed by atoms with Crippen LogP contribution in [0.25, 0.3) is 0 Å². The van der Waals surface area contributed by atoms with Gasteiger partial charge in [-0.3, -0.25) is 40.1 Å². The van der Waals surface area contributed by atoms with Crippen molar-refractivity contribution in [3.8, 4) is 11.5 Å². The van der Waals surface area contributed by atoms with Crippen LogP contribution in [0.2, 0.25) is 0 Å². The summed E-state index contributed by atoms with van der Waals surface area (Å²) in [5.74, 6) is 0.143. The van der Waals surface area contributed by atoms with Crippen molar-refractivity contribution in [1.29, 1.82) is 0 Å². The molecule has 0 radical (unpaired) electrons. The maximum atomic E-state index is 14.0. The van der Waals surface area contributed by atoms with Crippen molar-refractivity contribution in [1.82, 2.24) is 15.7 Å². The predicted octanol–water partition coefficient (Wildman–Crippen LogP) is 6.29. The molecule has 3 heterocycles. The number of benzene rings is 3. The highest BCUT2D eigenvalue weighted by atomic mass is 19.1. The number of fused-ring (bicyclic) bond motifs is 1. The van der Waals surface area contributed by atoms with Crippen LogP contribution in [0.3, 0.4) is 0 Å². The molecule has 0 aromatic heterocycles. The fraction of sp³-hybridized carbons (Fsp3) is 0.565. The number of ether oxygens (including phenoxy) is 5. The second-order valence-electron chi connectivity index (χ2n) is 16.5. The number of amides is 1. The highest BCUT2D eigenvalue weighted by molar-refractivity contribution is 5.76. The number of rotatable bonds is 26. The molecule has 65 heavy (non-hydrogen) atoms. The van der Waals surface area contributed by atoms with E-state index in [9.17, 15) is 14.0 Å². The number of piperidine rings is 1. The Morgan fingerprint density at radius 3 is 2.26 bits per heavy atom. The van der Waals surface area contributed by atoms with Gasteiger partial charge in [-0.15, -0.1) is 0 Å². The SMILES string of the molecule is COCCCN1CCOc2ccc(COC3CN(C(=O)CCCCCON(O)O)CC(OC(=O)CCCCCON(O)O)C3c3ccc(OC4CCN(c5cccc(F)c5)C4)cc3)cc21. The minimum atomic E-state index is -0.769. The van der Waals surface area contributed by atoms with Crippen molar-refractivity contribution < 1.29 is 68.2 Å². The molecule has 4 unspecified atom stereocenters. The molecule has 2 fully saturated rings. The summed E-state index contributed by atoms with van der Waals surface area (Å²) in [6.45, 7) is 4.85. The molecule has 6 rings (SSSR count). The number of nitrogens with zero attached hydrogens (tertiary/aromatic N) is 5. The van der Waals surface area contributed by atoms with Gasteiger partial charge < -0.3 is 38.4 Å². The second kappa shape index (κ2) is 25.9. The molecule has 4 N–H and O–H groups in total. The molecular formula is C46H64FN5O13. The minimum absolute atomic E-state index is 0.0615. The molecule has 2 saturated heterocycles. The first kappa shape index (κ1) is 49.8. The molecule has 4 atom stereocenters. The summed E-state index contributed by atoms with van der Waals surface area (Å²) in [5.41, 5.74) is 3.54. The summed E-state index contributed by atoms with van der Waals surface area (Å²) in [6, 6.07) is 20.2. The zero-order chi connectivity index (χ0) is 46.0. The number of hydrogen-bond acceptors (Lipinski definition) is 17. The fourth-order valence-corrected chi connectivity index (χ4v) is 8.59. The number of halogens is 1. The molecule has 0 spiro atoms. The predicted molar refractivity (Wildman–Crippen MR) is 232 cm³/mol. The van der Waals surface area contributed by atoms with Gasteiger partial charge in [-0.1, -0.05) is 37.1 Å². The van der Waals surface area contributed by atoms with Crippen LogP contribution in [0.15, 0.2) is 66.7 Å². The largest absolute Gasteiger partial charge is 0.490 e. The maximum Gasteiger partial charge on any atom is 0.306 e. The van der Waals surface area contributed by atoms with Gasteiger partial charge in [-0.2, -0.15) is 0 Å². The zero-order valence-corrected chi connectivity index (χ0v) is 37.1. The summed E-state index contributed by atoms with van der Waals surface area (Å²) in [5, 5.41) is 34.6. The molecule has 3 aliphatic heterocycles. The van der Waals surface area contributed by atoms with E-state index >= 15 is 0 Å². The molecule has 18 nitrogen and oxygen atoms in total. The van der Waals surface area contributed by atoms with Crippen LogP contribution in [0.4, 0.5) is 15.8 Å². The Morgan fingerprint density at radius 1 is 0.800 bits per heavy atom. The fourth-order valence-electron chi connectivity index (χ4n) is 8.59. The average Bonchev–Trinajstić information content (AvgIpc) is 3.76. The molecule has 3 aromatic rings. The smallest absolute Gasteiger partial charge is 0.306 e. The van der Waals surface area contributed by atoms with Gasteiger partial charge in [0.15, 0.2) is 0 Å². The Hall–Kier alpha value is -4.67. The van der Waals surface area contributed by atoms with E-state index in [1.165, 1.54) is 12.1 Å². The van der Waals surface area contributed by atoms with Crippen molar-refractivity contribution in [2.45, 2.75) is 95.0 Å². The lowest BCUT2D eigenvalue weighted by Crippen LogP contribution is -2.55. The molecule has 0 aliphatic carbocycles. The summed E-state index contributed by atoms with van der Waals surface area (Å²) in [4.78, 5) is 42.8. The van der Waals surface area contributed by atoms with Crippen molar-refractivity contribution >= 4 is 23.3 Å². The molecule has 0 bridgehead atoms.